The van der Waals surface area contributed by atoms with Crippen LogP contribution in [0.1, 0.15) is 42.5 Å². The number of fused-ring (bicyclic) bond motifs is 1. The molecule has 4 heterocycles. The van der Waals surface area contributed by atoms with E-state index in [4.69, 9.17) is 16.3 Å². The molecule has 0 unspecified atom stereocenters. The van der Waals surface area contributed by atoms with Crippen LogP contribution < -0.4 is 9.64 Å². The zero-order valence-corrected chi connectivity index (χ0v) is 21.2. The fraction of sp³-hybridized carbons (Fsp3) is 0.577. The maximum atomic E-state index is 13.5. The summed E-state index contributed by atoms with van der Waals surface area (Å²) in [4.78, 5) is 18.9. The van der Waals surface area contributed by atoms with Gasteiger partial charge in [-0.3, -0.25) is 9.69 Å². The standard InChI is InChI=1S/C26H35ClN3O2S/c1-32-24-6-4-5-23-22(24)18-28(17-21-7-8-25(27)33-21)19-26(31)29(23)12-9-20-10-15-30(16-11-20)13-2-3-14-30/h4-8,20H,2-3,9-19H2,1H3/q+1. The molecule has 2 saturated heterocycles. The van der Waals surface area contributed by atoms with E-state index in [1.54, 1.807) is 18.4 Å². The topological polar surface area (TPSA) is 32.8 Å². The molecule has 0 N–H and O–H groups in total. The smallest absolute Gasteiger partial charge is 0.241 e. The summed E-state index contributed by atoms with van der Waals surface area (Å²) >= 11 is 7.73. The van der Waals surface area contributed by atoms with Gasteiger partial charge in [-0.1, -0.05) is 17.7 Å². The lowest BCUT2D eigenvalue weighted by Crippen LogP contribution is -2.51. The molecular weight excluding hydrogens is 454 g/mol. The number of carbonyl (C=O) groups is 1. The highest BCUT2D eigenvalue weighted by atomic mass is 35.5. The number of methoxy groups -OCH3 is 1. The minimum Gasteiger partial charge on any atom is -0.496 e. The van der Waals surface area contributed by atoms with E-state index in [0.717, 1.165) is 46.8 Å². The van der Waals surface area contributed by atoms with Gasteiger partial charge in [-0.2, -0.15) is 0 Å². The van der Waals surface area contributed by atoms with Crippen molar-refractivity contribution >= 4 is 34.5 Å². The summed E-state index contributed by atoms with van der Waals surface area (Å²) in [5.74, 6) is 1.77. The maximum absolute atomic E-state index is 13.5. The van der Waals surface area contributed by atoms with Crippen molar-refractivity contribution in [1.29, 1.82) is 0 Å². The number of rotatable bonds is 6. The first-order chi connectivity index (χ1) is 16.0. The van der Waals surface area contributed by atoms with Crippen molar-refractivity contribution in [2.75, 3.05) is 51.3 Å². The molecule has 1 spiro atoms. The molecule has 0 aliphatic carbocycles. The molecule has 0 bridgehead atoms. The molecule has 0 radical (unpaired) electrons. The summed E-state index contributed by atoms with van der Waals surface area (Å²) in [7, 11) is 1.72. The van der Waals surface area contributed by atoms with Gasteiger partial charge in [0.1, 0.15) is 5.75 Å². The second-order valence-electron chi connectivity index (χ2n) is 10.0. The van der Waals surface area contributed by atoms with Crippen molar-refractivity contribution < 1.29 is 14.0 Å². The average Bonchev–Trinajstić information content (AvgIpc) is 3.41. The molecule has 3 aliphatic rings. The predicted molar refractivity (Wildman–Crippen MR) is 135 cm³/mol. The Labute approximate surface area is 206 Å². The number of carbonyl (C=O) groups excluding carboxylic acids is 1. The molecule has 3 aliphatic heterocycles. The molecule has 5 nitrogen and oxygen atoms in total. The van der Waals surface area contributed by atoms with Crippen LogP contribution in [-0.2, 0) is 17.9 Å². The summed E-state index contributed by atoms with van der Waals surface area (Å²) in [5, 5.41) is 0. The first kappa shape index (κ1) is 23.2. The van der Waals surface area contributed by atoms with E-state index in [0.29, 0.717) is 13.1 Å². The van der Waals surface area contributed by atoms with E-state index in [1.165, 1.54) is 61.2 Å². The molecule has 178 valence electrons. The van der Waals surface area contributed by atoms with Crippen LogP contribution in [-0.4, -0.2) is 61.7 Å². The molecule has 2 aromatic rings. The highest BCUT2D eigenvalue weighted by molar-refractivity contribution is 7.16. The number of amides is 1. The van der Waals surface area contributed by atoms with Crippen LogP contribution >= 0.6 is 22.9 Å². The third kappa shape index (κ3) is 5.09. The largest absolute Gasteiger partial charge is 0.496 e. The van der Waals surface area contributed by atoms with E-state index in [2.05, 4.69) is 17.0 Å². The van der Waals surface area contributed by atoms with E-state index in [9.17, 15) is 4.79 Å². The Morgan fingerprint density at radius 1 is 1.09 bits per heavy atom. The number of nitrogens with zero attached hydrogens (tertiary/aromatic N) is 3. The molecule has 0 atom stereocenters. The zero-order valence-electron chi connectivity index (χ0n) is 19.6. The third-order valence-corrected chi connectivity index (χ3v) is 9.18. The van der Waals surface area contributed by atoms with Gasteiger partial charge in [-0.25, -0.2) is 0 Å². The summed E-state index contributed by atoms with van der Waals surface area (Å²) in [6.07, 6.45) is 6.50. The molecule has 7 heteroatoms. The minimum absolute atomic E-state index is 0.184. The second-order valence-corrected chi connectivity index (χ2v) is 11.8. The fourth-order valence-corrected chi connectivity index (χ4v) is 7.21. The molecule has 2 fully saturated rings. The first-order valence-corrected chi connectivity index (χ1v) is 13.5. The summed E-state index contributed by atoms with van der Waals surface area (Å²) in [6, 6.07) is 10.1. The summed E-state index contributed by atoms with van der Waals surface area (Å²) in [5.41, 5.74) is 2.13. The monoisotopic (exact) mass is 488 g/mol. The van der Waals surface area contributed by atoms with Gasteiger partial charge in [0.2, 0.25) is 5.91 Å². The van der Waals surface area contributed by atoms with Crippen molar-refractivity contribution in [3.05, 3.63) is 45.1 Å². The van der Waals surface area contributed by atoms with Crippen LogP contribution in [0.25, 0.3) is 0 Å². The average molecular weight is 489 g/mol. The third-order valence-electron chi connectivity index (χ3n) is 7.97. The number of anilines is 1. The number of thiophene rings is 1. The lowest BCUT2D eigenvalue weighted by molar-refractivity contribution is -0.922. The van der Waals surface area contributed by atoms with Crippen LogP contribution in [0.3, 0.4) is 0 Å². The normalized spacial score (nSPS) is 21.4. The zero-order chi connectivity index (χ0) is 22.8. The highest BCUT2D eigenvalue weighted by Crippen LogP contribution is 2.36. The van der Waals surface area contributed by atoms with Gasteiger partial charge in [-0.05, 0) is 49.4 Å². The van der Waals surface area contributed by atoms with Crippen LogP contribution in [0, 0.1) is 5.92 Å². The Morgan fingerprint density at radius 3 is 2.58 bits per heavy atom. The number of halogens is 1. The van der Waals surface area contributed by atoms with Gasteiger partial charge >= 0.3 is 0 Å². The molecule has 0 saturated carbocycles. The minimum atomic E-state index is 0.184. The van der Waals surface area contributed by atoms with E-state index >= 15 is 0 Å². The van der Waals surface area contributed by atoms with Crippen molar-refractivity contribution in [2.45, 2.75) is 45.2 Å². The molecule has 1 aromatic heterocycles. The summed E-state index contributed by atoms with van der Waals surface area (Å²) < 4.78 is 7.87. The number of benzene rings is 1. The number of piperidine rings is 1. The van der Waals surface area contributed by atoms with Crippen molar-refractivity contribution in [1.82, 2.24) is 4.90 Å². The van der Waals surface area contributed by atoms with Crippen molar-refractivity contribution in [2.24, 2.45) is 5.92 Å². The maximum Gasteiger partial charge on any atom is 0.241 e. The van der Waals surface area contributed by atoms with Crippen LogP contribution in [0.5, 0.6) is 5.75 Å². The first-order valence-electron chi connectivity index (χ1n) is 12.3. The summed E-state index contributed by atoms with van der Waals surface area (Å²) in [6.45, 7) is 8.06. The van der Waals surface area contributed by atoms with E-state index in [-0.39, 0.29) is 5.91 Å². The quantitative estimate of drug-likeness (QED) is 0.526. The Balaban J connectivity index is 1.30. The van der Waals surface area contributed by atoms with Gasteiger partial charge in [0, 0.05) is 42.9 Å². The Morgan fingerprint density at radius 2 is 1.88 bits per heavy atom. The molecule has 1 amide bonds. The van der Waals surface area contributed by atoms with Crippen LogP contribution in [0.2, 0.25) is 4.34 Å². The van der Waals surface area contributed by atoms with E-state index in [1.807, 2.05) is 23.1 Å². The van der Waals surface area contributed by atoms with Gasteiger partial charge in [0.15, 0.2) is 0 Å². The van der Waals surface area contributed by atoms with Crippen LogP contribution in [0.4, 0.5) is 5.69 Å². The van der Waals surface area contributed by atoms with Crippen molar-refractivity contribution in [3.8, 4) is 5.75 Å². The Kier molecular flexibility index (Phi) is 6.98. The Bertz CT molecular complexity index is 978. The SMILES string of the molecule is COc1cccc2c1CN(Cc1ccc(Cl)s1)CC(=O)N2CCC1CC[N+]2(CCCC2)CC1. The number of hydrogen-bond donors (Lipinski definition) is 0. The number of quaternary nitrogens is 1. The van der Waals surface area contributed by atoms with Crippen molar-refractivity contribution in [3.63, 3.8) is 0 Å². The molecule has 33 heavy (non-hydrogen) atoms. The van der Waals surface area contributed by atoms with Gasteiger partial charge in [0.05, 0.1) is 49.9 Å². The second kappa shape index (κ2) is 9.95. The molecule has 5 rings (SSSR count). The fourth-order valence-electron chi connectivity index (χ4n) is 6.08. The van der Waals surface area contributed by atoms with E-state index < -0.39 is 0 Å². The lowest BCUT2D eigenvalue weighted by Gasteiger charge is -2.41. The van der Waals surface area contributed by atoms with Gasteiger partial charge in [0.25, 0.3) is 0 Å². The Hall–Kier alpha value is -1.60. The molecular formula is C26H35ClN3O2S+. The molecule has 1 aromatic carbocycles. The number of ether oxygens (including phenoxy) is 1. The predicted octanol–water partition coefficient (Wildman–Crippen LogP) is 5.17. The van der Waals surface area contributed by atoms with Crippen LogP contribution in [0.15, 0.2) is 30.3 Å². The highest BCUT2D eigenvalue weighted by Gasteiger charge is 2.37. The lowest BCUT2D eigenvalue weighted by atomic mass is 9.92. The van der Waals surface area contributed by atoms with Gasteiger partial charge in [-0.15, -0.1) is 11.3 Å². The van der Waals surface area contributed by atoms with Gasteiger partial charge < -0.3 is 14.1 Å². The number of hydrogen-bond acceptors (Lipinski definition) is 4.